The van der Waals surface area contributed by atoms with Gasteiger partial charge in [-0.05, 0) is 12.1 Å². The predicted octanol–water partition coefficient (Wildman–Crippen LogP) is 1.33. The number of nitrogens with zero attached hydrogens (tertiary/aromatic N) is 1. The zero-order valence-electron chi connectivity index (χ0n) is 10.4. The van der Waals surface area contributed by atoms with Crippen molar-refractivity contribution in [2.24, 2.45) is 0 Å². The minimum Gasteiger partial charge on any atom is -0.488 e. The lowest BCUT2D eigenvalue weighted by Crippen LogP contribution is -2.09. The molecule has 0 amide bonds. The van der Waals surface area contributed by atoms with Crippen molar-refractivity contribution in [3.63, 3.8) is 0 Å². The molecule has 0 saturated heterocycles. The fraction of sp³-hybridized carbons (Fsp3) is 0.364. The number of aromatic carboxylic acids is 1. The van der Waals surface area contributed by atoms with Gasteiger partial charge in [-0.2, -0.15) is 0 Å². The molecular weight excluding hydrogens is 258 g/mol. The lowest BCUT2D eigenvalue weighted by molar-refractivity contribution is -0.386. The number of nitro benzene ring substituents is 1. The molecular formula is C11H13NO7. The van der Waals surface area contributed by atoms with Gasteiger partial charge < -0.3 is 19.3 Å². The first-order valence-electron chi connectivity index (χ1n) is 5.23. The quantitative estimate of drug-likeness (QED) is 0.452. The van der Waals surface area contributed by atoms with Gasteiger partial charge in [0.05, 0.1) is 18.6 Å². The number of hydrogen-bond donors (Lipinski definition) is 1. The molecule has 0 bridgehead atoms. The summed E-state index contributed by atoms with van der Waals surface area (Å²) in [5.74, 6) is -1.54. The Hall–Kier alpha value is -2.35. The van der Waals surface area contributed by atoms with Gasteiger partial charge in [0.1, 0.15) is 12.2 Å². The third kappa shape index (κ3) is 3.32. The summed E-state index contributed by atoms with van der Waals surface area (Å²) in [5.41, 5.74) is -1.09. The Balaban J connectivity index is 3.24. The van der Waals surface area contributed by atoms with Crippen molar-refractivity contribution in [3.8, 4) is 11.5 Å². The van der Waals surface area contributed by atoms with Crippen LogP contribution in [0.15, 0.2) is 12.1 Å². The van der Waals surface area contributed by atoms with E-state index < -0.39 is 22.1 Å². The number of ether oxygens (including phenoxy) is 3. The van der Waals surface area contributed by atoms with Crippen LogP contribution in [0.1, 0.15) is 10.4 Å². The van der Waals surface area contributed by atoms with Gasteiger partial charge in [-0.15, -0.1) is 0 Å². The number of rotatable bonds is 7. The smallest absolute Gasteiger partial charge is 0.342 e. The SMILES string of the molecule is COCCOc1ccc(C(=O)O)c([N+](=O)[O-])c1OC. The Morgan fingerprint density at radius 1 is 1.37 bits per heavy atom. The Bertz CT molecular complexity index is 486. The molecule has 0 unspecified atom stereocenters. The molecule has 1 aromatic carbocycles. The van der Waals surface area contributed by atoms with Gasteiger partial charge in [-0.25, -0.2) is 4.79 Å². The predicted molar refractivity (Wildman–Crippen MR) is 64.0 cm³/mol. The van der Waals surface area contributed by atoms with Crippen molar-refractivity contribution < 1.29 is 29.0 Å². The highest BCUT2D eigenvalue weighted by atomic mass is 16.6. The van der Waals surface area contributed by atoms with E-state index in [4.69, 9.17) is 19.3 Å². The second-order valence-corrected chi connectivity index (χ2v) is 3.40. The number of hydrogen-bond acceptors (Lipinski definition) is 6. The molecule has 8 nitrogen and oxygen atoms in total. The van der Waals surface area contributed by atoms with E-state index in [0.29, 0.717) is 0 Å². The molecule has 0 atom stereocenters. The minimum absolute atomic E-state index is 0.0938. The summed E-state index contributed by atoms with van der Waals surface area (Å²) in [6.45, 7) is 0.452. The Labute approximate surface area is 108 Å². The number of carboxylic acids is 1. The fourth-order valence-corrected chi connectivity index (χ4v) is 1.45. The van der Waals surface area contributed by atoms with Crippen LogP contribution in [0.2, 0.25) is 0 Å². The highest BCUT2D eigenvalue weighted by molar-refractivity contribution is 5.94. The molecule has 1 N–H and O–H groups in total. The van der Waals surface area contributed by atoms with Crippen molar-refractivity contribution in [3.05, 3.63) is 27.8 Å². The molecule has 1 aromatic rings. The molecule has 19 heavy (non-hydrogen) atoms. The number of methoxy groups -OCH3 is 2. The highest BCUT2D eigenvalue weighted by Gasteiger charge is 2.28. The van der Waals surface area contributed by atoms with Crippen LogP contribution in [-0.4, -0.2) is 43.4 Å². The zero-order chi connectivity index (χ0) is 14.4. The number of nitro groups is 1. The summed E-state index contributed by atoms with van der Waals surface area (Å²) in [6, 6.07) is 2.41. The first-order chi connectivity index (χ1) is 9.02. The monoisotopic (exact) mass is 271 g/mol. The lowest BCUT2D eigenvalue weighted by atomic mass is 10.1. The molecule has 0 saturated carbocycles. The molecule has 1 rings (SSSR count). The summed E-state index contributed by atoms with van der Waals surface area (Å²) in [5, 5.41) is 19.9. The van der Waals surface area contributed by atoms with Crippen LogP contribution in [-0.2, 0) is 4.74 Å². The molecule has 0 aliphatic rings. The topological polar surface area (TPSA) is 108 Å². The van der Waals surface area contributed by atoms with Gasteiger partial charge in [0.2, 0.25) is 5.75 Å². The van der Waals surface area contributed by atoms with E-state index >= 15 is 0 Å². The van der Waals surface area contributed by atoms with E-state index in [1.165, 1.54) is 20.3 Å². The molecule has 0 aliphatic heterocycles. The van der Waals surface area contributed by atoms with Crippen molar-refractivity contribution in [2.75, 3.05) is 27.4 Å². The summed E-state index contributed by atoms with van der Waals surface area (Å²) in [6.07, 6.45) is 0. The molecule has 104 valence electrons. The van der Waals surface area contributed by atoms with Gasteiger partial charge >= 0.3 is 11.7 Å². The standard InChI is InChI=1S/C11H13NO7/c1-17-5-6-19-8-4-3-7(11(13)14)9(12(15)16)10(8)18-2/h3-4H,5-6H2,1-2H3,(H,13,14). The summed E-state index contributed by atoms with van der Waals surface area (Å²) in [4.78, 5) is 21.1. The van der Waals surface area contributed by atoms with Crippen LogP contribution < -0.4 is 9.47 Å². The second kappa shape index (κ2) is 6.55. The lowest BCUT2D eigenvalue weighted by Gasteiger charge is -2.11. The van der Waals surface area contributed by atoms with Crippen LogP contribution >= 0.6 is 0 Å². The number of carbonyl (C=O) groups is 1. The van der Waals surface area contributed by atoms with Crippen molar-refractivity contribution >= 4 is 11.7 Å². The van der Waals surface area contributed by atoms with E-state index in [1.807, 2.05) is 0 Å². The maximum absolute atomic E-state index is 11.0. The average molecular weight is 271 g/mol. The van der Waals surface area contributed by atoms with Gasteiger partial charge in [0.15, 0.2) is 5.75 Å². The van der Waals surface area contributed by atoms with E-state index in [9.17, 15) is 14.9 Å². The van der Waals surface area contributed by atoms with Crippen LogP contribution in [0.4, 0.5) is 5.69 Å². The molecule has 0 radical (unpaired) electrons. The van der Waals surface area contributed by atoms with E-state index in [2.05, 4.69) is 0 Å². The molecule has 8 heteroatoms. The van der Waals surface area contributed by atoms with Crippen molar-refractivity contribution in [2.45, 2.75) is 0 Å². The van der Waals surface area contributed by atoms with Crippen molar-refractivity contribution in [1.82, 2.24) is 0 Å². The summed E-state index contributed by atoms with van der Waals surface area (Å²) >= 11 is 0. The maximum Gasteiger partial charge on any atom is 0.342 e. The first kappa shape index (κ1) is 14.7. The van der Waals surface area contributed by atoms with Gasteiger partial charge in [0, 0.05) is 7.11 Å². The van der Waals surface area contributed by atoms with Crippen LogP contribution in [0.25, 0.3) is 0 Å². The Kier molecular flexibility index (Phi) is 5.07. The Morgan fingerprint density at radius 2 is 2.05 bits per heavy atom. The number of benzene rings is 1. The fourth-order valence-electron chi connectivity index (χ4n) is 1.45. The van der Waals surface area contributed by atoms with Crippen molar-refractivity contribution in [1.29, 1.82) is 0 Å². The van der Waals surface area contributed by atoms with E-state index in [-0.39, 0.29) is 24.7 Å². The van der Waals surface area contributed by atoms with E-state index in [1.54, 1.807) is 0 Å². The molecule has 0 aliphatic carbocycles. The first-order valence-corrected chi connectivity index (χ1v) is 5.23. The minimum atomic E-state index is -1.41. The molecule has 0 heterocycles. The normalized spacial score (nSPS) is 10.0. The summed E-state index contributed by atoms with van der Waals surface area (Å²) < 4.78 is 14.9. The molecule has 0 aromatic heterocycles. The highest BCUT2D eigenvalue weighted by Crippen LogP contribution is 2.39. The molecule has 0 spiro atoms. The second-order valence-electron chi connectivity index (χ2n) is 3.40. The summed E-state index contributed by atoms with van der Waals surface area (Å²) in [7, 11) is 2.69. The van der Waals surface area contributed by atoms with Crippen LogP contribution in [0, 0.1) is 10.1 Å². The third-order valence-corrected chi connectivity index (χ3v) is 2.26. The third-order valence-electron chi connectivity index (χ3n) is 2.26. The number of carboxylic acid groups (broad SMARTS) is 1. The average Bonchev–Trinajstić information content (AvgIpc) is 2.37. The van der Waals surface area contributed by atoms with E-state index in [0.717, 1.165) is 6.07 Å². The van der Waals surface area contributed by atoms with Gasteiger partial charge in [-0.3, -0.25) is 10.1 Å². The molecule has 0 fully saturated rings. The largest absolute Gasteiger partial charge is 0.488 e. The van der Waals surface area contributed by atoms with Gasteiger partial charge in [-0.1, -0.05) is 0 Å². The zero-order valence-corrected chi connectivity index (χ0v) is 10.4. The maximum atomic E-state index is 11.0. The van der Waals surface area contributed by atoms with Crippen LogP contribution in [0.3, 0.4) is 0 Å². The van der Waals surface area contributed by atoms with Crippen LogP contribution in [0.5, 0.6) is 11.5 Å². The van der Waals surface area contributed by atoms with Gasteiger partial charge in [0.25, 0.3) is 0 Å². The Morgan fingerprint density at radius 3 is 2.53 bits per heavy atom.